The second-order valence-electron chi connectivity index (χ2n) is 5.11. The van der Waals surface area contributed by atoms with Gasteiger partial charge in [0.15, 0.2) is 0 Å². The number of halogens is 1. The molecule has 5 heteroatoms. The van der Waals surface area contributed by atoms with Gasteiger partial charge < -0.3 is 15.4 Å². The van der Waals surface area contributed by atoms with E-state index in [2.05, 4.69) is 34.7 Å². The van der Waals surface area contributed by atoms with Crippen LogP contribution < -0.4 is 10.6 Å². The Bertz CT molecular complexity index is 473. The average Bonchev–Trinajstić information content (AvgIpc) is 2.27. The molecule has 0 atom stereocenters. The maximum atomic E-state index is 7.47. The summed E-state index contributed by atoms with van der Waals surface area (Å²) in [6.45, 7) is 6.67. The molecule has 0 bridgehead atoms. The molecule has 1 heterocycles. The van der Waals surface area contributed by atoms with E-state index >= 15 is 0 Å². The van der Waals surface area contributed by atoms with Crippen molar-refractivity contribution in [1.29, 1.82) is 5.41 Å². The van der Waals surface area contributed by atoms with Gasteiger partial charge in [-0.15, -0.1) is 0 Å². The van der Waals surface area contributed by atoms with Crippen LogP contribution in [0.3, 0.4) is 0 Å². The maximum Gasteiger partial charge on any atom is 0.123 e. The van der Waals surface area contributed by atoms with Gasteiger partial charge in [-0.1, -0.05) is 0 Å². The number of nitrogen functional groups attached to an aromatic ring is 1. The number of anilines is 1. The average molecular weight is 312 g/mol. The highest BCUT2D eigenvalue weighted by atomic mass is 79.9. The maximum absolute atomic E-state index is 7.47. The molecule has 1 aliphatic heterocycles. The number of benzene rings is 1. The first-order chi connectivity index (χ1) is 8.39. The van der Waals surface area contributed by atoms with E-state index in [0.29, 0.717) is 0 Å². The van der Waals surface area contributed by atoms with Gasteiger partial charge in [0.1, 0.15) is 5.84 Å². The zero-order valence-corrected chi connectivity index (χ0v) is 12.3. The number of amidine groups is 1. The molecular formula is C13H18BrN3O. The summed E-state index contributed by atoms with van der Waals surface area (Å²) in [4.78, 5) is 2.29. The summed E-state index contributed by atoms with van der Waals surface area (Å²) in [5.74, 6) is 0.0794. The normalized spacial score (nSPS) is 18.7. The Morgan fingerprint density at radius 1 is 1.50 bits per heavy atom. The van der Waals surface area contributed by atoms with Crippen LogP contribution in [-0.4, -0.2) is 31.1 Å². The first kappa shape index (κ1) is 13.4. The van der Waals surface area contributed by atoms with Crippen molar-refractivity contribution in [3.8, 4) is 0 Å². The highest BCUT2D eigenvalue weighted by molar-refractivity contribution is 9.10. The Balaban J connectivity index is 2.24. The van der Waals surface area contributed by atoms with Gasteiger partial charge in [-0.05, 0) is 48.0 Å². The molecule has 0 unspecified atom stereocenters. The number of nitrogens with zero attached hydrogens (tertiary/aromatic N) is 1. The fourth-order valence-electron chi connectivity index (χ4n) is 2.16. The molecule has 0 aromatic heterocycles. The van der Waals surface area contributed by atoms with Crippen LogP contribution in [0.25, 0.3) is 0 Å². The third-order valence-corrected chi connectivity index (χ3v) is 3.69. The number of hydrogen-bond donors (Lipinski definition) is 2. The lowest BCUT2D eigenvalue weighted by Crippen LogP contribution is -2.48. The largest absolute Gasteiger partial charge is 0.384 e. The van der Waals surface area contributed by atoms with E-state index in [1.54, 1.807) is 0 Å². The van der Waals surface area contributed by atoms with Crippen LogP contribution in [0.1, 0.15) is 19.4 Å². The fraction of sp³-hybridized carbons (Fsp3) is 0.462. The number of rotatable bonds is 2. The summed E-state index contributed by atoms with van der Waals surface area (Å²) in [5.41, 5.74) is 7.24. The van der Waals surface area contributed by atoms with Crippen molar-refractivity contribution in [3.05, 3.63) is 28.2 Å². The zero-order chi connectivity index (χ0) is 13.3. The molecule has 0 amide bonds. The van der Waals surface area contributed by atoms with Gasteiger partial charge in [0.05, 0.1) is 12.2 Å². The Labute approximate surface area is 116 Å². The van der Waals surface area contributed by atoms with E-state index in [0.717, 1.165) is 35.4 Å². The van der Waals surface area contributed by atoms with Crippen molar-refractivity contribution >= 4 is 27.5 Å². The van der Waals surface area contributed by atoms with Crippen LogP contribution in [0.2, 0.25) is 0 Å². The van der Waals surface area contributed by atoms with Crippen molar-refractivity contribution in [3.63, 3.8) is 0 Å². The van der Waals surface area contributed by atoms with Gasteiger partial charge in [-0.25, -0.2) is 0 Å². The summed E-state index contributed by atoms with van der Waals surface area (Å²) < 4.78 is 6.56. The quantitative estimate of drug-likeness (QED) is 0.651. The zero-order valence-electron chi connectivity index (χ0n) is 10.7. The van der Waals surface area contributed by atoms with Gasteiger partial charge in [0, 0.05) is 28.8 Å². The van der Waals surface area contributed by atoms with E-state index in [1.807, 2.05) is 18.2 Å². The lowest BCUT2D eigenvalue weighted by molar-refractivity contribution is -0.0276. The van der Waals surface area contributed by atoms with E-state index in [1.165, 1.54) is 0 Å². The molecule has 3 N–H and O–H groups in total. The highest BCUT2D eigenvalue weighted by Gasteiger charge is 2.27. The summed E-state index contributed by atoms with van der Waals surface area (Å²) in [6.07, 6.45) is 0. The Morgan fingerprint density at radius 2 is 2.22 bits per heavy atom. The fourth-order valence-corrected chi connectivity index (χ4v) is 2.74. The molecular weight excluding hydrogens is 294 g/mol. The molecule has 98 valence electrons. The standard InChI is InChI=1S/C13H18BrN3O/c1-13(2)8-17(5-6-18-13)9-3-4-10(12(15)16)11(14)7-9/h3-4,7H,5-6,8H2,1-2H3,(H3,15,16). The minimum atomic E-state index is -0.121. The second-order valence-corrected chi connectivity index (χ2v) is 5.96. The summed E-state index contributed by atoms with van der Waals surface area (Å²) in [5, 5.41) is 7.47. The van der Waals surface area contributed by atoms with Crippen LogP contribution in [0.15, 0.2) is 22.7 Å². The van der Waals surface area contributed by atoms with Crippen LogP contribution in [0.5, 0.6) is 0 Å². The molecule has 0 spiro atoms. The van der Waals surface area contributed by atoms with Gasteiger partial charge in [-0.2, -0.15) is 0 Å². The molecule has 1 saturated heterocycles. The molecule has 4 nitrogen and oxygen atoms in total. The molecule has 0 saturated carbocycles. The van der Waals surface area contributed by atoms with E-state index in [4.69, 9.17) is 15.9 Å². The first-order valence-corrected chi connectivity index (χ1v) is 6.71. The van der Waals surface area contributed by atoms with Crippen molar-refractivity contribution in [2.24, 2.45) is 5.73 Å². The van der Waals surface area contributed by atoms with Crippen LogP contribution in [-0.2, 0) is 4.74 Å². The molecule has 0 aliphatic carbocycles. The number of ether oxygens (including phenoxy) is 1. The van der Waals surface area contributed by atoms with Crippen LogP contribution >= 0.6 is 15.9 Å². The smallest absolute Gasteiger partial charge is 0.123 e. The Morgan fingerprint density at radius 3 is 2.78 bits per heavy atom. The van der Waals surface area contributed by atoms with Crippen LogP contribution in [0, 0.1) is 5.41 Å². The third-order valence-electron chi connectivity index (χ3n) is 3.03. The van der Waals surface area contributed by atoms with Crippen LogP contribution in [0.4, 0.5) is 5.69 Å². The van der Waals surface area contributed by atoms with E-state index in [9.17, 15) is 0 Å². The topological polar surface area (TPSA) is 62.3 Å². The Hall–Kier alpha value is -1.07. The highest BCUT2D eigenvalue weighted by Crippen LogP contribution is 2.27. The molecule has 1 aliphatic rings. The van der Waals surface area contributed by atoms with Gasteiger partial charge in [-0.3, -0.25) is 5.41 Å². The lowest BCUT2D eigenvalue weighted by Gasteiger charge is -2.39. The number of nitrogens with one attached hydrogen (secondary N) is 1. The summed E-state index contributed by atoms with van der Waals surface area (Å²) in [7, 11) is 0. The predicted molar refractivity (Wildman–Crippen MR) is 77.4 cm³/mol. The molecule has 0 radical (unpaired) electrons. The first-order valence-electron chi connectivity index (χ1n) is 5.92. The van der Waals surface area contributed by atoms with Gasteiger partial charge in [0.2, 0.25) is 0 Å². The predicted octanol–water partition coefficient (Wildman–Crippen LogP) is 2.35. The van der Waals surface area contributed by atoms with E-state index in [-0.39, 0.29) is 11.4 Å². The van der Waals surface area contributed by atoms with Crippen molar-refractivity contribution < 1.29 is 4.74 Å². The summed E-state index contributed by atoms with van der Waals surface area (Å²) >= 11 is 3.46. The minimum absolute atomic E-state index is 0.0794. The molecule has 1 aromatic rings. The van der Waals surface area contributed by atoms with Gasteiger partial charge in [0.25, 0.3) is 0 Å². The molecule has 2 rings (SSSR count). The number of morpholine rings is 1. The molecule has 18 heavy (non-hydrogen) atoms. The molecule has 1 aromatic carbocycles. The van der Waals surface area contributed by atoms with E-state index < -0.39 is 0 Å². The van der Waals surface area contributed by atoms with Crippen molar-refractivity contribution in [2.45, 2.75) is 19.4 Å². The van der Waals surface area contributed by atoms with Crippen molar-refractivity contribution in [1.82, 2.24) is 0 Å². The third kappa shape index (κ3) is 2.84. The van der Waals surface area contributed by atoms with Gasteiger partial charge >= 0.3 is 0 Å². The Kier molecular flexibility index (Phi) is 3.64. The lowest BCUT2D eigenvalue weighted by atomic mass is 10.1. The number of nitrogens with two attached hydrogens (primary N) is 1. The number of hydrogen-bond acceptors (Lipinski definition) is 3. The monoisotopic (exact) mass is 311 g/mol. The minimum Gasteiger partial charge on any atom is -0.384 e. The molecule has 1 fully saturated rings. The second kappa shape index (κ2) is 4.90. The SMILES string of the molecule is CC1(C)CN(c2ccc(C(=N)N)c(Br)c2)CCO1. The van der Waals surface area contributed by atoms with Crippen molar-refractivity contribution in [2.75, 3.05) is 24.6 Å². The summed E-state index contributed by atoms with van der Waals surface area (Å²) in [6, 6.07) is 5.89.